The van der Waals surface area contributed by atoms with Crippen molar-refractivity contribution in [2.45, 2.75) is 57.9 Å². The fraction of sp³-hybridized carbons (Fsp3) is 0.737. The van der Waals surface area contributed by atoms with Crippen LogP contribution in [0.15, 0.2) is 17.5 Å². The summed E-state index contributed by atoms with van der Waals surface area (Å²) in [7, 11) is 0. The lowest BCUT2D eigenvalue weighted by Gasteiger charge is -2.39. The van der Waals surface area contributed by atoms with E-state index >= 15 is 0 Å². The maximum absolute atomic E-state index is 12.7. The zero-order valence-corrected chi connectivity index (χ0v) is 15.2. The van der Waals surface area contributed by atoms with E-state index in [-0.39, 0.29) is 5.92 Å². The molecule has 3 heterocycles. The van der Waals surface area contributed by atoms with Gasteiger partial charge in [0, 0.05) is 29.9 Å². The topological polar surface area (TPSA) is 23.6 Å². The number of carbonyl (C=O) groups is 1. The average Bonchev–Trinajstić information content (AvgIpc) is 2.94. The van der Waals surface area contributed by atoms with E-state index in [0.29, 0.717) is 11.9 Å². The molecule has 1 atom stereocenters. The zero-order chi connectivity index (χ0) is 16.1. The summed E-state index contributed by atoms with van der Waals surface area (Å²) >= 11 is 1.76. The minimum absolute atomic E-state index is 0.114. The maximum atomic E-state index is 12.7. The van der Waals surface area contributed by atoms with Gasteiger partial charge in [0.15, 0.2) is 0 Å². The lowest BCUT2D eigenvalue weighted by atomic mass is 9.99. The van der Waals surface area contributed by atoms with E-state index in [1.54, 1.807) is 11.3 Å². The van der Waals surface area contributed by atoms with Gasteiger partial charge in [0.1, 0.15) is 0 Å². The van der Waals surface area contributed by atoms with Gasteiger partial charge in [0.05, 0.1) is 0 Å². The van der Waals surface area contributed by atoms with Crippen LogP contribution >= 0.6 is 11.3 Å². The lowest BCUT2D eigenvalue weighted by Crippen LogP contribution is -2.48. The molecule has 0 aromatic carbocycles. The molecule has 1 aromatic heterocycles. The first-order valence-electron chi connectivity index (χ1n) is 9.29. The Hall–Kier alpha value is -0.870. The molecule has 0 saturated carbocycles. The highest BCUT2D eigenvalue weighted by molar-refractivity contribution is 7.09. The Kier molecular flexibility index (Phi) is 6.12. The monoisotopic (exact) mass is 334 g/mol. The number of likely N-dealkylation sites (tertiary alicyclic amines) is 2. The van der Waals surface area contributed by atoms with Crippen molar-refractivity contribution in [2.75, 3.05) is 26.2 Å². The highest BCUT2D eigenvalue weighted by Gasteiger charge is 2.29. The summed E-state index contributed by atoms with van der Waals surface area (Å²) in [5.74, 6) is 0.469. The van der Waals surface area contributed by atoms with E-state index in [1.807, 2.05) is 0 Å². The molecular weight excluding hydrogens is 304 g/mol. The van der Waals surface area contributed by atoms with Crippen LogP contribution < -0.4 is 0 Å². The smallest absolute Gasteiger partial charge is 0.225 e. The number of thiophene rings is 1. The van der Waals surface area contributed by atoms with Gasteiger partial charge in [-0.2, -0.15) is 0 Å². The summed E-state index contributed by atoms with van der Waals surface area (Å²) in [6, 6.07) is 4.92. The van der Waals surface area contributed by atoms with Crippen molar-refractivity contribution in [3.05, 3.63) is 22.4 Å². The quantitative estimate of drug-likeness (QED) is 0.836. The zero-order valence-electron chi connectivity index (χ0n) is 14.4. The van der Waals surface area contributed by atoms with Gasteiger partial charge in [-0.25, -0.2) is 0 Å². The second-order valence-corrected chi connectivity index (χ2v) is 8.22. The van der Waals surface area contributed by atoms with Gasteiger partial charge in [-0.3, -0.25) is 4.79 Å². The van der Waals surface area contributed by atoms with Crippen molar-refractivity contribution in [1.82, 2.24) is 9.80 Å². The number of hydrogen-bond donors (Lipinski definition) is 0. The fourth-order valence-corrected chi connectivity index (χ4v) is 4.88. The summed E-state index contributed by atoms with van der Waals surface area (Å²) in [5, 5.41) is 2.10. The second-order valence-electron chi connectivity index (χ2n) is 7.19. The maximum Gasteiger partial charge on any atom is 0.225 e. The average molecular weight is 335 g/mol. The molecule has 23 heavy (non-hydrogen) atoms. The third-order valence-corrected chi connectivity index (χ3v) is 6.34. The summed E-state index contributed by atoms with van der Waals surface area (Å²) in [6.45, 7) is 6.54. The van der Waals surface area contributed by atoms with Gasteiger partial charge in [-0.15, -0.1) is 11.3 Å². The van der Waals surface area contributed by atoms with E-state index in [4.69, 9.17) is 0 Å². The van der Waals surface area contributed by atoms with Crippen molar-refractivity contribution in [3.63, 3.8) is 0 Å². The Morgan fingerprint density at radius 2 is 1.87 bits per heavy atom. The first-order chi connectivity index (χ1) is 11.2. The van der Waals surface area contributed by atoms with E-state index in [0.717, 1.165) is 32.4 Å². The minimum atomic E-state index is 0.114. The first kappa shape index (κ1) is 17.0. The van der Waals surface area contributed by atoms with Crippen LogP contribution in [-0.4, -0.2) is 47.9 Å². The van der Waals surface area contributed by atoms with Crippen LogP contribution in [0.5, 0.6) is 0 Å². The van der Waals surface area contributed by atoms with Crippen LogP contribution in [0.1, 0.15) is 50.3 Å². The molecule has 0 aliphatic carbocycles. The Morgan fingerprint density at radius 3 is 2.48 bits per heavy atom. The molecule has 2 fully saturated rings. The van der Waals surface area contributed by atoms with Crippen LogP contribution in [-0.2, 0) is 11.2 Å². The Labute approximate surface area is 144 Å². The van der Waals surface area contributed by atoms with E-state index in [2.05, 4.69) is 34.2 Å². The molecule has 4 heteroatoms. The molecule has 3 rings (SSSR count). The lowest BCUT2D eigenvalue weighted by molar-refractivity contribution is -0.136. The number of carbonyl (C=O) groups excluding carboxylic acids is 1. The van der Waals surface area contributed by atoms with Gasteiger partial charge in [0.25, 0.3) is 0 Å². The molecule has 0 N–H and O–H groups in total. The molecular formula is C19H30N2OS. The van der Waals surface area contributed by atoms with Crippen molar-refractivity contribution in [2.24, 2.45) is 5.92 Å². The van der Waals surface area contributed by atoms with E-state index in [1.165, 1.54) is 43.6 Å². The Morgan fingerprint density at radius 1 is 1.17 bits per heavy atom. The molecule has 2 aliphatic rings. The molecule has 1 aromatic rings. The number of hydrogen-bond acceptors (Lipinski definition) is 3. The molecule has 0 bridgehead atoms. The summed E-state index contributed by atoms with van der Waals surface area (Å²) in [5.41, 5.74) is 0. The minimum Gasteiger partial charge on any atom is -0.342 e. The van der Waals surface area contributed by atoms with E-state index < -0.39 is 0 Å². The van der Waals surface area contributed by atoms with Gasteiger partial charge in [0.2, 0.25) is 5.91 Å². The molecule has 128 valence electrons. The van der Waals surface area contributed by atoms with Crippen molar-refractivity contribution < 1.29 is 4.79 Å². The Balaban J connectivity index is 1.46. The van der Waals surface area contributed by atoms with Crippen LogP contribution in [0, 0.1) is 5.92 Å². The van der Waals surface area contributed by atoms with E-state index in [9.17, 15) is 4.79 Å². The fourth-order valence-electron chi connectivity index (χ4n) is 4.04. The predicted molar refractivity (Wildman–Crippen MR) is 96.8 cm³/mol. The summed E-state index contributed by atoms with van der Waals surface area (Å²) in [6.07, 6.45) is 8.73. The van der Waals surface area contributed by atoms with Gasteiger partial charge >= 0.3 is 0 Å². The summed E-state index contributed by atoms with van der Waals surface area (Å²) in [4.78, 5) is 18.8. The molecule has 2 saturated heterocycles. The number of nitrogens with zero attached hydrogens (tertiary/aromatic N) is 2. The first-order valence-corrected chi connectivity index (χ1v) is 10.2. The summed E-state index contributed by atoms with van der Waals surface area (Å²) < 4.78 is 0. The van der Waals surface area contributed by atoms with Crippen molar-refractivity contribution in [3.8, 4) is 0 Å². The normalized spacial score (nSPS) is 22.7. The molecule has 1 unspecified atom stereocenters. The third-order valence-electron chi connectivity index (χ3n) is 5.44. The Bertz CT molecular complexity index is 472. The SMILES string of the molecule is CC(Cc1cccs1)C(=O)N1CCC(N2CCCCCC2)CC1. The largest absolute Gasteiger partial charge is 0.342 e. The van der Waals surface area contributed by atoms with Gasteiger partial charge in [-0.1, -0.05) is 25.8 Å². The molecule has 2 aliphatic heterocycles. The standard InChI is InChI=1S/C19H30N2OS/c1-16(15-18-7-6-14-23-18)19(22)21-12-8-17(9-13-21)20-10-4-2-3-5-11-20/h6-7,14,16-17H,2-5,8-13,15H2,1H3. The van der Waals surface area contributed by atoms with Gasteiger partial charge < -0.3 is 9.80 Å². The van der Waals surface area contributed by atoms with Crippen LogP contribution in [0.25, 0.3) is 0 Å². The van der Waals surface area contributed by atoms with Gasteiger partial charge in [-0.05, 0) is 56.6 Å². The van der Waals surface area contributed by atoms with Crippen LogP contribution in [0.2, 0.25) is 0 Å². The third kappa shape index (κ3) is 4.57. The highest BCUT2D eigenvalue weighted by atomic mass is 32.1. The molecule has 3 nitrogen and oxygen atoms in total. The van der Waals surface area contributed by atoms with Crippen LogP contribution in [0.4, 0.5) is 0 Å². The van der Waals surface area contributed by atoms with Crippen molar-refractivity contribution in [1.29, 1.82) is 0 Å². The van der Waals surface area contributed by atoms with Crippen LogP contribution in [0.3, 0.4) is 0 Å². The number of piperidine rings is 1. The van der Waals surface area contributed by atoms with Crippen molar-refractivity contribution >= 4 is 17.2 Å². The molecule has 0 spiro atoms. The highest BCUT2D eigenvalue weighted by Crippen LogP contribution is 2.23. The number of amides is 1. The second kappa shape index (κ2) is 8.29. The predicted octanol–water partition coefficient (Wildman–Crippen LogP) is 3.79. The molecule has 1 amide bonds. The number of rotatable bonds is 4. The molecule has 0 radical (unpaired) electrons.